The van der Waals surface area contributed by atoms with Crippen molar-refractivity contribution >= 4 is 45.6 Å². The molecule has 0 unspecified atom stereocenters. The van der Waals surface area contributed by atoms with E-state index in [1.807, 2.05) is 24.4 Å². The van der Waals surface area contributed by atoms with E-state index in [0.717, 1.165) is 28.3 Å². The van der Waals surface area contributed by atoms with Crippen molar-refractivity contribution in [3.8, 4) is 11.3 Å². The average molecular weight is 671 g/mol. The molecule has 0 amide bonds. The maximum atomic E-state index is 10.0. The van der Waals surface area contributed by atoms with Crippen molar-refractivity contribution < 1.29 is 31.0 Å². The molecule has 2 aliphatic rings. The van der Waals surface area contributed by atoms with Crippen LogP contribution < -0.4 is 14.7 Å². The van der Waals surface area contributed by atoms with Crippen LogP contribution in [0.25, 0.3) is 11.3 Å². The molecule has 3 aromatic carbocycles. The molecule has 1 aromatic heterocycles. The van der Waals surface area contributed by atoms with E-state index in [-0.39, 0.29) is 32.6 Å². The molecular weight excluding hydrogens is 643 g/mol. The molecule has 0 saturated heterocycles. The predicted molar refractivity (Wildman–Crippen MR) is 146 cm³/mol. The SMILES string of the molecule is CC(=O)/C=C(/C)O.CN1c2[c-]c(-c3ccccn3)cc3c2N(c2ccccc21)c1ccccc1N3C.[Pt]. The molecule has 1 N–H and O–H groups in total. The van der Waals surface area contributed by atoms with Crippen LogP contribution in [0.15, 0.2) is 90.8 Å². The smallest absolute Gasteiger partial charge is 0.155 e. The van der Waals surface area contributed by atoms with Gasteiger partial charge >= 0.3 is 0 Å². The third-order valence-electron chi connectivity index (χ3n) is 6.24. The first-order valence-electron chi connectivity index (χ1n) is 11.7. The fourth-order valence-corrected chi connectivity index (χ4v) is 4.72. The Morgan fingerprint density at radius 2 is 1.41 bits per heavy atom. The molecule has 6 nitrogen and oxygen atoms in total. The van der Waals surface area contributed by atoms with E-state index in [1.165, 1.54) is 42.7 Å². The van der Waals surface area contributed by atoms with Gasteiger partial charge in [-0.3, -0.25) is 4.79 Å². The van der Waals surface area contributed by atoms with Crippen molar-refractivity contribution in [1.29, 1.82) is 0 Å². The Morgan fingerprint density at radius 3 is 1.92 bits per heavy atom. The summed E-state index contributed by atoms with van der Waals surface area (Å²) >= 11 is 0. The first kappa shape index (κ1) is 26.2. The zero-order chi connectivity index (χ0) is 25.4. The zero-order valence-electron chi connectivity index (χ0n) is 21.0. The van der Waals surface area contributed by atoms with Crippen LogP contribution in [0.4, 0.5) is 39.8 Å². The van der Waals surface area contributed by atoms with Gasteiger partial charge in [-0.2, -0.15) is 0 Å². The number of rotatable bonds is 2. The van der Waals surface area contributed by atoms with Crippen LogP contribution in [0, 0.1) is 6.07 Å². The van der Waals surface area contributed by atoms with E-state index < -0.39 is 0 Å². The first-order valence-corrected chi connectivity index (χ1v) is 11.7. The quantitative estimate of drug-likeness (QED) is 0.138. The van der Waals surface area contributed by atoms with E-state index in [9.17, 15) is 4.79 Å². The molecule has 3 heterocycles. The minimum atomic E-state index is -0.125. The summed E-state index contributed by atoms with van der Waals surface area (Å²) in [7, 11) is 4.25. The number of pyridine rings is 1. The van der Waals surface area contributed by atoms with Crippen molar-refractivity contribution in [2.75, 3.05) is 28.8 Å². The predicted octanol–water partition coefficient (Wildman–Crippen LogP) is 7.22. The third kappa shape index (κ3) is 4.77. The van der Waals surface area contributed by atoms with Gasteiger partial charge in [-0.1, -0.05) is 36.4 Å². The number of hydrogen-bond acceptors (Lipinski definition) is 6. The molecular formula is C30H27N4O2Pt-. The Kier molecular flexibility index (Phi) is 7.51. The number of aliphatic hydroxyl groups excluding tert-OH is 1. The molecule has 7 heteroatoms. The molecule has 0 radical (unpaired) electrons. The number of ketones is 1. The van der Waals surface area contributed by atoms with Crippen molar-refractivity contribution in [2.24, 2.45) is 0 Å². The Balaban J connectivity index is 0.000000356. The molecule has 4 aromatic rings. The van der Waals surface area contributed by atoms with Crippen molar-refractivity contribution in [3.05, 3.63) is 96.9 Å². The van der Waals surface area contributed by atoms with E-state index in [0.29, 0.717) is 0 Å². The molecule has 2 aliphatic heterocycles. The number of fused-ring (bicyclic) bond motifs is 4. The Bertz CT molecular complexity index is 1410. The largest absolute Gasteiger partial charge is 0.512 e. The number of anilines is 7. The molecule has 0 spiro atoms. The second-order valence-electron chi connectivity index (χ2n) is 8.81. The van der Waals surface area contributed by atoms with Crippen LogP contribution in [0.5, 0.6) is 0 Å². The molecule has 190 valence electrons. The van der Waals surface area contributed by atoms with Gasteiger partial charge in [0, 0.05) is 53.1 Å². The molecule has 0 aliphatic carbocycles. The molecule has 6 rings (SSSR count). The standard InChI is InChI=1S/C25H19N4.C5H8O2.Pt/c1-27-19-10-3-5-12-21(19)29-22-13-6-4-11-20(22)28(2)24-16-17(15-23(27)25(24)29)18-9-7-8-14-26-18;1-4(6)3-5(2)7;/h3-15H,1-2H3;3,6H,1-2H3;/q-1;;/b;4-3-;. The minimum absolute atomic E-state index is 0. The molecule has 0 bridgehead atoms. The summed E-state index contributed by atoms with van der Waals surface area (Å²) in [4.78, 5) is 21.5. The zero-order valence-corrected chi connectivity index (χ0v) is 23.3. The number of para-hydroxylation sites is 4. The van der Waals surface area contributed by atoms with E-state index >= 15 is 0 Å². The molecule has 0 atom stereocenters. The molecule has 0 fully saturated rings. The van der Waals surface area contributed by atoms with E-state index in [4.69, 9.17) is 5.11 Å². The van der Waals surface area contributed by atoms with Gasteiger partial charge in [0.1, 0.15) is 0 Å². The van der Waals surface area contributed by atoms with E-state index in [1.54, 1.807) is 0 Å². The van der Waals surface area contributed by atoms with Crippen LogP contribution in [-0.2, 0) is 25.9 Å². The number of hydrogen-bond donors (Lipinski definition) is 1. The number of carbonyl (C=O) groups excluding carboxylic acids is 1. The number of carbonyl (C=O) groups is 1. The third-order valence-corrected chi connectivity index (χ3v) is 6.24. The number of aliphatic hydroxyl groups is 1. The Morgan fingerprint density at radius 1 is 0.838 bits per heavy atom. The second-order valence-corrected chi connectivity index (χ2v) is 8.81. The number of aromatic nitrogens is 1. The van der Waals surface area contributed by atoms with E-state index in [2.05, 4.69) is 94.4 Å². The van der Waals surface area contributed by atoms with Gasteiger partial charge in [0.15, 0.2) is 5.78 Å². The fourth-order valence-electron chi connectivity index (χ4n) is 4.72. The van der Waals surface area contributed by atoms with Gasteiger partial charge in [0.05, 0.1) is 28.5 Å². The van der Waals surface area contributed by atoms with Gasteiger partial charge in [-0.15, -0.1) is 17.7 Å². The summed E-state index contributed by atoms with van der Waals surface area (Å²) in [5.74, 6) is -0.0625. The second kappa shape index (κ2) is 10.6. The van der Waals surface area contributed by atoms with Crippen LogP contribution in [0.3, 0.4) is 0 Å². The van der Waals surface area contributed by atoms with Crippen molar-refractivity contribution in [2.45, 2.75) is 13.8 Å². The number of allylic oxidation sites excluding steroid dienone is 2. The van der Waals surface area contributed by atoms with Crippen LogP contribution in [0.2, 0.25) is 0 Å². The topological polar surface area (TPSA) is 59.9 Å². The van der Waals surface area contributed by atoms with Gasteiger partial charge in [-0.25, -0.2) is 0 Å². The maximum absolute atomic E-state index is 10.0. The fraction of sp³-hybridized carbons (Fsp3) is 0.133. The summed E-state index contributed by atoms with van der Waals surface area (Å²) in [6, 6.07) is 29.0. The van der Waals surface area contributed by atoms with Crippen LogP contribution >= 0.6 is 0 Å². The molecule has 37 heavy (non-hydrogen) atoms. The minimum Gasteiger partial charge on any atom is -0.512 e. The summed E-state index contributed by atoms with van der Waals surface area (Å²) in [5, 5.41) is 8.36. The molecule has 0 saturated carbocycles. The summed E-state index contributed by atoms with van der Waals surface area (Å²) in [6.07, 6.45) is 3.00. The first-order chi connectivity index (χ1) is 17.4. The van der Waals surface area contributed by atoms with Gasteiger partial charge in [0.2, 0.25) is 0 Å². The van der Waals surface area contributed by atoms with Gasteiger partial charge < -0.3 is 24.8 Å². The average Bonchev–Trinajstić information content (AvgIpc) is 2.88. The van der Waals surface area contributed by atoms with Gasteiger partial charge in [0.25, 0.3) is 0 Å². The summed E-state index contributed by atoms with van der Waals surface area (Å²) < 4.78 is 0. The number of benzene rings is 3. The summed E-state index contributed by atoms with van der Waals surface area (Å²) in [6.45, 7) is 2.85. The normalized spacial score (nSPS) is 12.9. The van der Waals surface area contributed by atoms with Crippen LogP contribution in [0.1, 0.15) is 13.8 Å². The van der Waals surface area contributed by atoms with Gasteiger partial charge in [-0.05, 0) is 61.2 Å². The number of nitrogens with zero attached hydrogens (tertiary/aromatic N) is 4. The Hall–Kier alpha value is -3.89. The van der Waals surface area contributed by atoms with Crippen LogP contribution in [-0.4, -0.2) is 30.0 Å². The maximum Gasteiger partial charge on any atom is 0.155 e. The van der Waals surface area contributed by atoms with Crippen molar-refractivity contribution in [3.63, 3.8) is 0 Å². The van der Waals surface area contributed by atoms with Crippen molar-refractivity contribution in [1.82, 2.24) is 4.98 Å². The summed E-state index contributed by atoms with van der Waals surface area (Å²) in [5.41, 5.74) is 10.0. The monoisotopic (exact) mass is 670 g/mol. The Labute approximate surface area is 231 Å².